The first-order chi connectivity index (χ1) is 8.19. The molecule has 1 heterocycles. The fourth-order valence-electron chi connectivity index (χ4n) is 2.45. The lowest BCUT2D eigenvalue weighted by Gasteiger charge is -2.41. The van der Waals surface area contributed by atoms with E-state index in [9.17, 15) is 0 Å². The minimum absolute atomic E-state index is 0.0216. The molecule has 0 bridgehead atoms. The third-order valence-corrected chi connectivity index (χ3v) is 3.91. The molecule has 0 spiro atoms. The summed E-state index contributed by atoms with van der Waals surface area (Å²) in [5, 5.41) is 3.52. The zero-order valence-electron chi connectivity index (χ0n) is 11.1. The van der Waals surface area contributed by atoms with Crippen LogP contribution in [0.3, 0.4) is 0 Å². The predicted octanol–water partition coefficient (Wildman–Crippen LogP) is 3.21. The van der Waals surface area contributed by atoms with E-state index in [0.29, 0.717) is 0 Å². The van der Waals surface area contributed by atoms with Crippen LogP contribution in [-0.4, -0.2) is 18.7 Å². The van der Waals surface area contributed by atoms with Gasteiger partial charge in [0.05, 0.1) is 11.7 Å². The van der Waals surface area contributed by atoms with E-state index in [1.807, 2.05) is 0 Å². The van der Waals surface area contributed by atoms with Crippen molar-refractivity contribution in [1.29, 1.82) is 0 Å². The first kappa shape index (κ1) is 12.6. The first-order valence-electron chi connectivity index (χ1n) is 6.64. The third kappa shape index (κ3) is 2.70. The van der Waals surface area contributed by atoms with Gasteiger partial charge in [-0.3, -0.25) is 0 Å². The van der Waals surface area contributed by atoms with Crippen LogP contribution in [0.15, 0.2) is 24.3 Å². The number of benzene rings is 1. The summed E-state index contributed by atoms with van der Waals surface area (Å²) in [6.07, 6.45) is 2.34. The van der Waals surface area contributed by atoms with Crippen molar-refractivity contribution in [1.82, 2.24) is 5.32 Å². The summed E-state index contributed by atoms with van der Waals surface area (Å²) in [6.45, 7) is 8.44. The molecule has 0 amide bonds. The van der Waals surface area contributed by atoms with Gasteiger partial charge in [0.25, 0.3) is 0 Å². The molecule has 2 nitrogen and oxygen atoms in total. The predicted molar refractivity (Wildman–Crippen MR) is 71.2 cm³/mol. The molecule has 2 rings (SSSR count). The lowest BCUT2D eigenvalue weighted by atomic mass is 9.93. The molecule has 0 aliphatic carbocycles. The van der Waals surface area contributed by atoms with Gasteiger partial charge in [0.2, 0.25) is 0 Å². The molecule has 17 heavy (non-hydrogen) atoms. The third-order valence-electron chi connectivity index (χ3n) is 3.91. The molecule has 0 aromatic heterocycles. The monoisotopic (exact) mass is 233 g/mol. The molecule has 1 aliphatic heterocycles. The van der Waals surface area contributed by atoms with Crippen molar-refractivity contribution >= 4 is 0 Å². The average Bonchev–Trinajstić information content (AvgIpc) is 2.39. The Balaban J connectivity index is 2.14. The van der Waals surface area contributed by atoms with Crippen LogP contribution in [0, 0.1) is 6.92 Å². The van der Waals surface area contributed by atoms with Gasteiger partial charge < -0.3 is 10.1 Å². The quantitative estimate of drug-likeness (QED) is 0.865. The molecule has 1 aliphatic rings. The van der Waals surface area contributed by atoms with Crippen LogP contribution in [0.1, 0.15) is 43.9 Å². The van der Waals surface area contributed by atoms with Gasteiger partial charge in [-0.05, 0) is 25.3 Å². The molecule has 2 heteroatoms. The van der Waals surface area contributed by atoms with E-state index in [-0.39, 0.29) is 11.7 Å². The lowest BCUT2D eigenvalue weighted by molar-refractivity contribution is -0.122. The van der Waals surface area contributed by atoms with Crippen LogP contribution in [0.25, 0.3) is 0 Å². The second-order valence-electron chi connectivity index (χ2n) is 5.04. The van der Waals surface area contributed by atoms with Gasteiger partial charge in [-0.25, -0.2) is 0 Å². The van der Waals surface area contributed by atoms with Gasteiger partial charge in [-0.15, -0.1) is 0 Å². The number of hydrogen-bond acceptors (Lipinski definition) is 2. The van der Waals surface area contributed by atoms with Gasteiger partial charge in [0, 0.05) is 13.1 Å². The minimum atomic E-state index is 0.0216. The Bertz CT molecular complexity index is 354. The fraction of sp³-hybridized carbons (Fsp3) is 0.600. The van der Waals surface area contributed by atoms with Crippen molar-refractivity contribution in [2.75, 3.05) is 13.1 Å². The Morgan fingerprint density at radius 3 is 2.47 bits per heavy atom. The Kier molecular flexibility index (Phi) is 3.85. The highest BCUT2D eigenvalue weighted by Crippen LogP contribution is 2.31. The minimum Gasteiger partial charge on any atom is -0.364 e. The molecule has 1 atom stereocenters. The summed E-state index contributed by atoms with van der Waals surface area (Å²) in [5.41, 5.74) is 2.61. The number of rotatable bonds is 3. The summed E-state index contributed by atoms with van der Waals surface area (Å²) in [5.74, 6) is 0. The summed E-state index contributed by atoms with van der Waals surface area (Å²) in [6, 6.07) is 8.69. The fourth-order valence-corrected chi connectivity index (χ4v) is 2.45. The van der Waals surface area contributed by atoms with Crippen molar-refractivity contribution in [2.24, 2.45) is 0 Å². The lowest BCUT2D eigenvalue weighted by Crippen LogP contribution is -2.50. The van der Waals surface area contributed by atoms with Crippen molar-refractivity contribution in [3.05, 3.63) is 35.4 Å². The smallest absolute Gasteiger partial charge is 0.0957 e. The maximum atomic E-state index is 6.34. The van der Waals surface area contributed by atoms with Gasteiger partial charge in [-0.1, -0.05) is 43.7 Å². The summed E-state index contributed by atoms with van der Waals surface area (Å²) >= 11 is 0. The molecule has 1 aromatic rings. The van der Waals surface area contributed by atoms with Crippen LogP contribution in [0.4, 0.5) is 0 Å². The molecule has 0 radical (unpaired) electrons. The van der Waals surface area contributed by atoms with Crippen molar-refractivity contribution in [3.8, 4) is 0 Å². The number of hydrogen-bond donors (Lipinski definition) is 1. The molecule has 1 aromatic carbocycles. The van der Waals surface area contributed by atoms with E-state index in [1.54, 1.807) is 0 Å². The number of aryl methyl sites for hydroxylation is 1. The van der Waals surface area contributed by atoms with Gasteiger partial charge >= 0.3 is 0 Å². The molecule has 94 valence electrons. The second kappa shape index (κ2) is 5.19. The standard InChI is InChI=1S/C15H23NO/c1-4-15(5-2)11-16-10-14(17-15)13-8-6-12(3)7-9-13/h6-9,14,16H,4-5,10-11H2,1-3H3. The van der Waals surface area contributed by atoms with Crippen LogP contribution >= 0.6 is 0 Å². The van der Waals surface area contributed by atoms with Crippen LogP contribution in [0.2, 0.25) is 0 Å². The Morgan fingerprint density at radius 2 is 1.88 bits per heavy atom. The van der Waals surface area contributed by atoms with Crippen LogP contribution in [0.5, 0.6) is 0 Å². The zero-order valence-corrected chi connectivity index (χ0v) is 11.1. The normalized spacial score (nSPS) is 23.6. The Hall–Kier alpha value is -0.860. The first-order valence-corrected chi connectivity index (χ1v) is 6.64. The van der Waals surface area contributed by atoms with Gasteiger partial charge in [-0.2, -0.15) is 0 Å². The average molecular weight is 233 g/mol. The summed E-state index contributed by atoms with van der Waals surface area (Å²) < 4.78 is 6.34. The number of morpholine rings is 1. The van der Waals surface area contributed by atoms with Crippen molar-refractivity contribution < 1.29 is 4.74 Å². The van der Waals surface area contributed by atoms with E-state index in [4.69, 9.17) is 4.74 Å². The van der Waals surface area contributed by atoms with Crippen molar-refractivity contribution in [3.63, 3.8) is 0 Å². The largest absolute Gasteiger partial charge is 0.364 e. The highest BCUT2D eigenvalue weighted by molar-refractivity contribution is 5.24. The number of nitrogens with one attached hydrogen (secondary N) is 1. The summed E-state index contributed by atoms with van der Waals surface area (Å²) in [4.78, 5) is 0. The molecule has 1 unspecified atom stereocenters. The van der Waals surface area contributed by atoms with E-state index in [1.165, 1.54) is 11.1 Å². The highest BCUT2D eigenvalue weighted by Gasteiger charge is 2.34. The molecule has 1 fully saturated rings. The Morgan fingerprint density at radius 1 is 1.24 bits per heavy atom. The molecule has 1 saturated heterocycles. The van der Waals surface area contributed by atoms with Crippen LogP contribution < -0.4 is 5.32 Å². The maximum absolute atomic E-state index is 6.34. The van der Waals surface area contributed by atoms with Crippen LogP contribution in [-0.2, 0) is 4.74 Å². The van der Waals surface area contributed by atoms with E-state index in [2.05, 4.69) is 50.4 Å². The highest BCUT2D eigenvalue weighted by atomic mass is 16.5. The topological polar surface area (TPSA) is 21.3 Å². The molecular weight excluding hydrogens is 210 g/mol. The van der Waals surface area contributed by atoms with Gasteiger partial charge in [0.1, 0.15) is 0 Å². The molecular formula is C15H23NO. The maximum Gasteiger partial charge on any atom is 0.0957 e. The van der Waals surface area contributed by atoms with Gasteiger partial charge in [0.15, 0.2) is 0 Å². The van der Waals surface area contributed by atoms with E-state index in [0.717, 1.165) is 25.9 Å². The van der Waals surface area contributed by atoms with Crippen molar-refractivity contribution in [2.45, 2.75) is 45.3 Å². The number of ether oxygens (including phenoxy) is 1. The zero-order chi connectivity index (χ0) is 12.3. The molecule has 0 saturated carbocycles. The second-order valence-corrected chi connectivity index (χ2v) is 5.04. The Labute approximate surface area is 104 Å². The SMILES string of the molecule is CCC1(CC)CNCC(c2ccc(C)cc2)O1. The molecule has 1 N–H and O–H groups in total. The van der Waals surface area contributed by atoms with E-state index < -0.39 is 0 Å². The summed E-state index contributed by atoms with van der Waals surface area (Å²) in [7, 11) is 0. The van der Waals surface area contributed by atoms with E-state index >= 15 is 0 Å².